The number of nitrogens with one attached hydrogen (secondary N) is 3. The number of carbonyl (C=O) groups excluding carboxylic acids is 2. The third kappa shape index (κ3) is 4.93. The van der Waals surface area contributed by atoms with Crippen LogP contribution in [0, 0.1) is 0 Å². The summed E-state index contributed by atoms with van der Waals surface area (Å²) in [5.41, 5.74) is 0.953. The minimum absolute atomic E-state index is 0.0553. The first-order valence-corrected chi connectivity index (χ1v) is 9.22. The van der Waals surface area contributed by atoms with Crippen LogP contribution < -0.4 is 25.7 Å². The normalized spacial score (nSPS) is 10.5. The van der Waals surface area contributed by atoms with E-state index in [1.165, 1.54) is 7.11 Å². The lowest BCUT2D eigenvalue weighted by atomic mass is 10.1. The van der Waals surface area contributed by atoms with Gasteiger partial charge in [-0.2, -0.15) is 5.10 Å². The summed E-state index contributed by atoms with van der Waals surface area (Å²) in [6, 6.07) is 12.2. The van der Waals surface area contributed by atoms with Crippen molar-refractivity contribution >= 4 is 22.6 Å². The van der Waals surface area contributed by atoms with E-state index in [2.05, 4.69) is 20.8 Å². The van der Waals surface area contributed by atoms with E-state index in [0.717, 1.165) is 5.56 Å². The van der Waals surface area contributed by atoms with Crippen LogP contribution in [0.1, 0.15) is 11.3 Å². The summed E-state index contributed by atoms with van der Waals surface area (Å²) in [5.74, 6) is 0.458. The van der Waals surface area contributed by atoms with E-state index < -0.39 is 0 Å². The number of fused-ring (bicyclic) bond motifs is 1. The van der Waals surface area contributed by atoms with Crippen molar-refractivity contribution in [3.8, 4) is 11.5 Å². The highest BCUT2D eigenvalue weighted by Crippen LogP contribution is 2.27. The standard InChI is InChI=1S/C21H22N4O5/c1-29-17-8-7-13(9-18(17)30-2)11-22-20(27)12-23-19(26)10-16-14-5-3-4-6-15(14)21(28)25-24-16/h3-9H,10-12H2,1-2H3,(H,22,27)(H,23,26)(H,25,28). The molecule has 3 rings (SSSR count). The van der Waals surface area contributed by atoms with Crippen LogP contribution in [0.15, 0.2) is 47.3 Å². The topological polar surface area (TPSA) is 122 Å². The lowest BCUT2D eigenvalue weighted by molar-refractivity contribution is -0.125. The van der Waals surface area contributed by atoms with Gasteiger partial charge in [0.2, 0.25) is 11.8 Å². The molecule has 2 amide bonds. The smallest absolute Gasteiger partial charge is 0.272 e. The van der Waals surface area contributed by atoms with Crippen molar-refractivity contribution in [2.75, 3.05) is 20.8 Å². The first-order chi connectivity index (χ1) is 14.5. The third-order valence-corrected chi connectivity index (χ3v) is 4.49. The lowest BCUT2D eigenvalue weighted by Gasteiger charge is -2.11. The fourth-order valence-corrected chi connectivity index (χ4v) is 2.95. The van der Waals surface area contributed by atoms with E-state index in [1.807, 2.05) is 6.07 Å². The molecule has 0 saturated heterocycles. The highest BCUT2D eigenvalue weighted by atomic mass is 16.5. The highest BCUT2D eigenvalue weighted by molar-refractivity contribution is 5.90. The van der Waals surface area contributed by atoms with Gasteiger partial charge in [0.25, 0.3) is 5.56 Å². The zero-order valence-corrected chi connectivity index (χ0v) is 16.7. The van der Waals surface area contributed by atoms with Gasteiger partial charge in [0.15, 0.2) is 11.5 Å². The van der Waals surface area contributed by atoms with E-state index in [1.54, 1.807) is 43.5 Å². The van der Waals surface area contributed by atoms with Crippen molar-refractivity contribution in [3.63, 3.8) is 0 Å². The number of rotatable bonds is 8. The second-order valence-electron chi connectivity index (χ2n) is 6.46. The molecule has 0 aliphatic heterocycles. The van der Waals surface area contributed by atoms with Crippen LogP contribution in [0.2, 0.25) is 0 Å². The van der Waals surface area contributed by atoms with E-state index in [9.17, 15) is 14.4 Å². The monoisotopic (exact) mass is 410 g/mol. The Hall–Kier alpha value is -3.88. The lowest BCUT2D eigenvalue weighted by Crippen LogP contribution is -2.37. The van der Waals surface area contributed by atoms with Crippen molar-refractivity contribution in [1.29, 1.82) is 0 Å². The number of methoxy groups -OCH3 is 2. The first-order valence-electron chi connectivity index (χ1n) is 9.22. The van der Waals surface area contributed by atoms with Crippen molar-refractivity contribution in [3.05, 3.63) is 64.1 Å². The largest absolute Gasteiger partial charge is 0.493 e. The zero-order valence-electron chi connectivity index (χ0n) is 16.7. The Labute approximate surface area is 172 Å². The number of benzene rings is 2. The van der Waals surface area contributed by atoms with Crippen molar-refractivity contribution in [1.82, 2.24) is 20.8 Å². The predicted octanol–water partition coefficient (Wildman–Crippen LogP) is 0.915. The first kappa shape index (κ1) is 20.8. The van der Waals surface area contributed by atoms with Crippen LogP contribution in [0.3, 0.4) is 0 Å². The van der Waals surface area contributed by atoms with Crippen LogP contribution in [0.4, 0.5) is 0 Å². The molecular formula is C21H22N4O5. The molecule has 1 heterocycles. The second kappa shape index (κ2) is 9.55. The van der Waals surface area contributed by atoms with Gasteiger partial charge in [0.1, 0.15) is 0 Å². The van der Waals surface area contributed by atoms with E-state index >= 15 is 0 Å². The van der Waals surface area contributed by atoms with Gasteiger partial charge in [0, 0.05) is 11.9 Å². The van der Waals surface area contributed by atoms with Crippen LogP contribution in [-0.2, 0) is 22.6 Å². The summed E-state index contributed by atoms with van der Waals surface area (Å²) in [7, 11) is 3.09. The van der Waals surface area contributed by atoms with Gasteiger partial charge in [-0.15, -0.1) is 0 Å². The molecule has 1 aromatic heterocycles. The van der Waals surface area contributed by atoms with E-state index in [4.69, 9.17) is 9.47 Å². The fraction of sp³-hybridized carbons (Fsp3) is 0.238. The quantitative estimate of drug-likeness (QED) is 0.508. The Morgan fingerprint density at radius 2 is 1.70 bits per heavy atom. The SMILES string of the molecule is COc1ccc(CNC(=O)CNC(=O)Cc2n[nH]c(=O)c3ccccc23)cc1OC. The molecule has 3 aromatic rings. The summed E-state index contributed by atoms with van der Waals surface area (Å²) in [6.45, 7) is 0.106. The second-order valence-corrected chi connectivity index (χ2v) is 6.46. The van der Waals surface area contributed by atoms with E-state index in [-0.39, 0.29) is 36.9 Å². The van der Waals surface area contributed by atoms with Crippen molar-refractivity contribution in [2.24, 2.45) is 0 Å². The fourth-order valence-electron chi connectivity index (χ4n) is 2.95. The van der Waals surface area contributed by atoms with Gasteiger partial charge in [-0.1, -0.05) is 24.3 Å². The number of aromatic nitrogens is 2. The molecule has 0 bridgehead atoms. The molecule has 9 nitrogen and oxygen atoms in total. The number of amides is 2. The number of carbonyl (C=O) groups is 2. The summed E-state index contributed by atoms with van der Waals surface area (Å²) in [6.07, 6.45) is -0.0553. The van der Waals surface area contributed by atoms with E-state index in [0.29, 0.717) is 28.0 Å². The molecule has 0 saturated carbocycles. The number of nitrogens with zero attached hydrogens (tertiary/aromatic N) is 1. The molecular weight excluding hydrogens is 388 g/mol. The zero-order chi connectivity index (χ0) is 21.5. The highest BCUT2D eigenvalue weighted by Gasteiger charge is 2.12. The van der Waals surface area contributed by atoms with Gasteiger partial charge >= 0.3 is 0 Å². The Morgan fingerprint density at radius 1 is 0.967 bits per heavy atom. The molecule has 3 N–H and O–H groups in total. The molecule has 156 valence electrons. The molecule has 0 unspecified atom stereocenters. The average molecular weight is 410 g/mol. The average Bonchev–Trinajstić information content (AvgIpc) is 2.78. The third-order valence-electron chi connectivity index (χ3n) is 4.49. The Morgan fingerprint density at radius 3 is 2.43 bits per heavy atom. The van der Waals surface area contributed by atoms with Crippen LogP contribution in [0.5, 0.6) is 11.5 Å². The van der Waals surface area contributed by atoms with Crippen LogP contribution >= 0.6 is 0 Å². The molecule has 0 aliphatic rings. The predicted molar refractivity (Wildman–Crippen MR) is 110 cm³/mol. The number of H-pyrrole nitrogens is 1. The molecule has 0 spiro atoms. The number of ether oxygens (including phenoxy) is 2. The number of hydrogen-bond donors (Lipinski definition) is 3. The summed E-state index contributed by atoms with van der Waals surface area (Å²) in [5, 5.41) is 12.7. The van der Waals surface area contributed by atoms with Gasteiger partial charge in [-0.25, -0.2) is 5.10 Å². The van der Waals surface area contributed by atoms with Crippen molar-refractivity contribution in [2.45, 2.75) is 13.0 Å². The molecule has 0 fully saturated rings. The van der Waals surface area contributed by atoms with Gasteiger partial charge in [-0.3, -0.25) is 14.4 Å². The maximum atomic E-state index is 12.2. The number of hydrogen-bond acceptors (Lipinski definition) is 6. The minimum Gasteiger partial charge on any atom is -0.493 e. The van der Waals surface area contributed by atoms with Gasteiger partial charge in [-0.05, 0) is 23.8 Å². The van der Waals surface area contributed by atoms with Crippen molar-refractivity contribution < 1.29 is 19.1 Å². The maximum absolute atomic E-state index is 12.2. The Balaban J connectivity index is 1.52. The van der Waals surface area contributed by atoms with Gasteiger partial charge < -0.3 is 20.1 Å². The number of aromatic amines is 1. The summed E-state index contributed by atoms with van der Waals surface area (Å²) in [4.78, 5) is 36.1. The molecule has 9 heteroatoms. The molecule has 0 atom stereocenters. The van der Waals surface area contributed by atoms with Gasteiger partial charge in [0.05, 0.1) is 38.3 Å². The summed E-state index contributed by atoms with van der Waals surface area (Å²) >= 11 is 0. The molecule has 2 aromatic carbocycles. The Kier molecular flexibility index (Phi) is 6.63. The maximum Gasteiger partial charge on any atom is 0.272 e. The van der Waals surface area contributed by atoms with Crippen LogP contribution in [0.25, 0.3) is 10.8 Å². The van der Waals surface area contributed by atoms with Crippen LogP contribution in [-0.4, -0.2) is 42.8 Å². The minimum atomic E-state index is -0.374. The molecule has 30 heavy (non-hydrogen) atoms. The summed E-state index contributed by atoms with van der Waals surface area (Å²) < 4.78 is 10.4. The Bertz CT molecular complexity index is 1130. The molecule has 0 aliphatic carbocycles. The molecule has 0 radical (unpaired) electrons.